The molecule has 6 heteroatoms. The number of nitrogens with one attached hydrogen (secondary N) is 1. The molecular formula is C22H27N3O3. The van der Waals surface area contributed by atoms with Crippen LogP contribution in [0.15, 0.2) is 60.7 Å². The first-order valence-electron chi connectivity index (χ1n) is 9.72. The summed E-state index contributed by atoms with van der Waals surface area (Å²) in [4.78, 5) is 28.3. The molecule has 0 atom stereocenters. The monoisotopic (exact) mass is 381 g/mol. The smallest absolute Gasteiger partial charge is 0.311 e. The third-order valence-corrected chi connectivity index (χ3v) is 5.01. The Hall–Kier alpha value is -2.70. The Labute approximate surface area is 165 Å². The van der Waals surface area contributed by atoms with E-state index in [4.69, 9.17) is 5.11 Å². The summed E-state index contributed by atoms with van der Waals surface area (Å²) in [6, 6.07) is 20.8. The largest absolute Gasteiger partial charge is 0.396 e. The zero-order chi connectivity index (χ0) is 19.8. The minimum atomic E-state index is -0.593. The van der Waals surface area contributed by atoms with Crippen molar-refractivity contribution in [3.05, 3.63) is 71.8 Å². The fraction of sp³-hybridized carbons (Fsp3) is 0.364. The van der Waals surface area contributed by atoms with Crippen LogP contribution in [0.25, 0.3) is 0 Å². The topological polar surface area (TPSA) is 72.9 Å². The summed E-state index contributed by atoms with van der Waals surface area (Å²) >= 11 is 0. The molecule has 0 aliphatic carbocycles. The molecule has 3 rings (SSSR count). The number of carbonyl (C=O) groups excluding carboxylic acids is 2. The van der Waals surface area contributed by atoms with E-state index in [-0.39, 0.29) is 12.6 Å². The molecule has 2 aromatic rings. The Morgan fingerprint density at radius 3 is 1.93 bits per heavy atom. The molecule has 148 valence electrons. The van der Waals surface area contributed by atoms with Crippen molar-refractivity contribution >= 4 is 11.8 Å². The SMILES string of the molecule is O=C(NCCCO)C(=O)N1CCN(C(c2ccccc2)c2ccccc2)CC1. The molecule has 0 spiro atoms. The van der Waals surface area contributed by atoms with E-state index in [9.17, 15) is 9.59 Å². The average Bonchev–Trinajstić information content (AvgIpc) is 2.75. The van der Waals surface area contributed by atoms with E-state index in [1.54, 1.807) is 4.90 Å². The fourth-order valence-electron chi connectivity index (χ4n) is 3.57. The van der Waals surface area contributed by atoms with Crippen LogP contribution in [-0.2, 0) is 9.59 Å². The van der Waals surface area contributed by atoms with Crippen molar-refractivity contribution in [1.29, 1.82) is 0 Å². The zero-order valence-corrected chi connectivity index (χ0v) is 16.0. The molecule has 0 unspecified atom stereocenters. The Balaban J connectivity index is 1.66. The van der Waals surface area contributed by atoms with E-state index in [0.717, 1.165) is 0 Å². The van der Waals surface area contributed by atoms with Gasteiger partial charge in [0, 0.05) is 39.3 Å². The summed E-state index contributed by atoms with van der Waals surface area (Å²) in [7, 11) is 0. The average molecular weight is 381 g/mol. The van der Waals surface area contributed by atoms with E-state index in [1.807, 2.05) is 36.4 Å². The summed E-state index contributed by atoms with van der Waals surface area (Å²) in [6.07, 6.45) is 0.447. The van der Waals surface area contributed by atoms with E-state index in [1.165, 1.54) is 11.1 Å². The van der Waals surface area contributed by atoms with Crippen LogP contribution in [0, 0.1) is 0 Å². The van der Waals surface area contributed by atoms with Crippen LogP contribution in [-0.4, -0.2) is 66.1 Å². The maximum Gasteiger partial charge on any atom is 0.311 e. The number of piperazine rings is 1. The predicted molar refractivity (Wildman–Crippen MR) is 108 cm³/mol. The second kappa shape index (κ2) is 10.0. The van der Waals surface area contributed by atoms with Crippen molar-refractivity contribution < 1.29 is 14.7 Å². The minimum absolute atomic E-state index is 0.00644. The molecule has 2 N–H and O–H groups in total. The Morgan fingerprint density at radius 1 is 0.893 bits per heavy atom. The molecule has 28 heavy (non-hydrogen) atoms. The van der Waals surface area contributed by atoms with Crippen molar-refractivity contribution in [1.82, 2.24) is 15.1 Å². The van der Waals surface area contributed by atoms with Gasteiger partial charge in [-0.15, -0.1) is 0 Å². The number of aliphatic hydroxyl groups is 1. The van der Waals surface area contributed by atoms with Crippen LogP contribution in [0.2, 0.25) is 0 Å². The van der Waals surface area contributed by atoms with Crippen LogP contribution in [0.5, 0.6) is 0 Å². The van der Waals surface area contributed by atoms with E-state index in [2.05, 4.69) is 34.5 Å². The predicted octanol–water partition coefficient (Wildman–Crippen LogP) is 1.42. The molecule has 1 heterocycles. The second-order valence-electron chi connectivity index (χ2n) is 6.89. The number of hydrogen-bond acceptors (Lipinski definition) is 4. The van der Waals surface area contributed by atoms with Crippen LogP contribution < -0.4 is 5.32 Å². The highest BCUT2D eigenvalue weighted by atomic mass is 16.3. The number of aliphatic hydroxyl groups excluding tert-OH is 1. The molecule has 0 bridgehead atoms. The van der Waals surface area contributed by atoms with Gasteiger partial charge in [0.1, 0.15) is 0 Å². The summed E-state index contributed by atoms with van der Waals surface area (Å²) in [5.41, 5.74) is 2.44. The molecule has 0 saturated carbocycles. The summed E-state index contributed by atoms with van der Waals surface area (Å²) in [5.74, 6) is -1.09. The van der Waals surface area contributed by atoms with Crippen LogP contribution in [0.4, 0.5) is 0 Å². The van der Waals surface area contributed by atoms with Gasteiger partial charge >= 0.3 is 11.8 Å². The number of nitrogens with zero attached hydrogens (tertiary/aromatic N) is 2. The highest BCUT2D eigenvalue weighted by molar-refractivity contribution is 6.35. The number of amides is 2. The van der Waals surface area contributed by atoms with E-state index in [0.29, 0.717) is 39.1 Å². The summed E-state index contributed by atoms with van der Waals surface area (Å²) in [6.45, 7) is 2.73. The summed E-state index contributed by atoms with van der Waals surface area (Å²) in [5, 5.41) is 11.3. The lowest BCUT2D eigenvalue weighted by Gasteiger charge is -2.39. The van der Waals surface area contributed by atoms with Gasteiger partial charge in [-0.1, -0.05) is 60.7 Å². The zero-order valence-electron chi connectivity index (χ0n) is 16.0. The van der Waals surface area contributed by atoms with Crippen LogP contribution in [0.3, 0.4) is 0 Å². The van der Waals surface area contributed by atoms with Gasteiger partial charge in [-0.3, -0.25) is 14.5 Å². The number of benzene rings is 2. The molecular weight excluding hydrogens is 354 g/mol. The molecule has 1 aliphatic rings. The normalized spacial score (nSPS) is 14.9. The highest BCUT2D eigenvalue weighted by Gasteiger charge is 2.30. The van der Waals surface area contributed by atoms with E-state index >= 15 is 0 Å². The lowest BCUT2D eigenvalue weighted by molar-refractivity contribution is -0.147. The van der Waals surface area contributed by atoms with Crippen molar-refractivity contribution in [2.45, 2.75) is 12.5 Å². The van der Waals surface area contributed by atoms with E-state index < -0.39 is 11.8 Å². The minimum Gasteiger partial charge on any atom is -0.396 e. The second-order valence-corrected chi connectivity index (χ2v) is 6.89. The van der Waals surface area contributed by atoms with Crippen molar-refractivity contribution in [2.75, 3.05) is 39.3 Å². The number of carbonyl (C=O) groups is 2. The molecule has 6 nitrogen and oxygen atoms in total. The Morgan fingerprint density at radius 2 is 1.43 bits per heavy atom. The Kier molecular flexibility index (Phi) is 7.17. The van der Waals surface area contributed by atoms with Gasteiger partial charge in [0.25, 0.3) is 0 Å². The third-order valence-electron chi connectivity index (χ3n) is 5.01. The lowest BCUT2D eigenvalue weighted by atomic mass is 9.96. The molecule has 1 fully saturated rings. The molecule has 0 aromatic heterocycles. The molecule has 1 saturated heterocycles. The molecule has 0 radical (unpaired) electrons. The number of rotatable bonds is 6. The van der Waals surface area contributed by atoms with Gasteiger partial charge in [-0.2, -0.15) is 0 Å². The first-order valence-corrected chi connectivity index (χ1v) is 9.72. The van der Waals surface area contributed by atoms with Gasteiger partial charge in [-0.05, 0) is 17.5 Å². The Bertz CT molecular complexity index is 720. The van der Waals surface area contributed by atoms with Crippen molar-refractivity contribution in [2.24, 2.45) is 0 Å². The maximum atomic E-state index is 12.3. The number of hydrogen-bond donors (Lipinski definition) is 2. The molecule has 2 aromatic carbocycles. The third kappa shape index (κ3) is 4.97. The van der Waals surface area contributed by atoms with Crippen LogP contribution >= 0.6 is 0 Å². The van der Waals surface area contributed by atoms with Crippen LogP contribution in [0.1, 0.15) is 23.6 Å². The quantitative estimate of drug-likeness (QED) is 0.586. The van der Waals surface area contributed by atoms with Crippen molar-refractivity contribution in [3.63, 3.8) is 0 Å². The highest BCUT2D eigenvalue weighted by Crippen LogP contribution is 2.29. The molecule has 2 amide bonds. The van der Waals surface area contributed by atoms with Gasteiger partial charge in [0.2, 0.25) is 0 Å². The van der Waals surface area contributed by atoms with Crippen molar-refractivity contribution in [3.8, 4) is 0 Å². The van der Waals surface area contributed by atoms with Gasteiger partial charge < -0.3 is 15.3 Å². The fourth-order valence-corrected chi connectivity index (χ4v) is 3.57. The summed E-state index contributed by atoms with van der Waals surface area (Å²) < 4.78 is 0. The lowest BCUT2D eigenvalue weighted by Crippen LogP contribution is -2.53. The molecule has 1 aliphatic heterocycles. The maximum absolute atomic E-state index is 12.3. The van der Waals surface area contributed by atoms with Gasteiger partial charge in [0.15, 0.2) is 0 Å². The first kappa shape index (κ1) is 20.0. The first-order chi connectivity index (χ1) is 13.7. The standard InChI is InChI=1S/C22H27N3O3/c26-17-7-12-23-21(27)22(28)25-15-13-24(14-16-25)20(18-8-3-1-4-9-18)19-10-5-2-6-11-19/h1-6,8-11,20,26H,7,12-17H2,(H,23,27). The van der Waals surface area contributed by atoms with Gasteiger partial charge in [-0.25, -0.2) is 0 Å². The van der Waals surface area contributed by atoms with Gasteiger partial charge in [0.05, 0.1) is 6.04 Å².